The van der Waals surface area contributed by atoms with Gasteiger partial charge in [-0.2, -0.15) is 23.3 Å². The van der Waals surface area contributed by atoms with Crippen molar-refractivity contribution in [2.45, 2.75) is 6.18 Å². The summed E-state index contributed by atoms with van der Waals surface area (Å²) in [6.45, 7) is 0. The summed E-state index contributed by atoms with van der Waals surface area (Å²) < 4.78 is 40.3. The molecule has 0 unspecified atom stereocenters. The second-order valence-corrected chi connectivity index (χ2v) is 6.02. The van der Waals surface area contributed by atoms with Crippen LogP contribution in [0.3, 0.4) is 0 Å². The molecule has 0 atom stereocenters. The van der Waals surface area contributed by atoms with Gasteiger partial charge in [0.1, 0.15) is 5.75 Å². The normalized spacial score (nSPS) is 16.5. The SMILES string of the molecule is O=C1/C(=C\c2ccc(O)c(Br)c2)C(C(F)(F)F)=NN1c1ccccc1. The molecule has 0 fully saturated rings. The maximum Gasteiger partial charge on any atom is 0.435 e. The largest absolute Gasteiger partial charge is 0.507 e. The molecule has 1 aliphatic rings. The molecule has 1 N–H and O–H groups in total. The first-order valence-electron chi connectivity index (χ1n) is 7.03. The number of hydrazone groups is 1. The molecule has 3 rings (SSSR count). The van der Waals surface area contributed by atoms with Crippen LogP contribution in [-0.2, 0) is 4.79 Å². The molecule has 0 aliphatic carbocycles. The second-order valence-electron chi connectivity index (χ2n) is 5.17. The Hall–Kier alpha value is -2.61. The number of phenols is 1. The van der Waals surface area contributed by atoms with Crippen LogP contribution in [0.1, 0.15) is 5.56 Å². The predicted octanol–water partition coefficient (Wildman–Crippen LogP) is 4.50. The first-order valence-corrected chi connectivity index (χ1v) is 7.82. The minimum absolute atomic E-state index is 0.0597. The zero-order valence-corrected chi connectivity index (χ0v) is 14.0. The zero-order valence-electron chi connectivity index (χ0n) is 12.5. The number of halogens is 4. The topological polar surface area (TPSA) is 52.9 Å². The average molecular weight is 411 g/mol. The maximum atomic E-state index is 13.3. The third-order valence-electron chi connectivity index (χ3n) is 3.43. The Bertz CT molecular complexity index is 893. The summed E-state index contributed by atoms with van der Waals surface area (Å²) in [6, 6.07) is 12.0. The fourth-order valence-corrected chi connectivity index (χ4v) is 2.67. The highest BCUT2D eigenvalue weighted by molar-refractivity contribution is 9.10. The van der Waals surface area contributed by atoms with Crippen molar-refractivity contribution in [3.63, 3.8) is 0 Å². The van der Waals surface area contributed by atoms with Gasteiger partial charge in [-0.25, -0.2) is 0 Å². The lowest BCUT2D eigenvalue weighted by Crippen LogP contribution is -2.25. The van der Waals surface area contributed by atoms with Crippen molar-refractivity contribution in [1.29, 1.82) is 0 Å². The van der Waals surface area contributed by atoms with Crippen molar-refractivity contribution in [1.82, 2.24) is 0 Å². The number of rotatable bonds is 2. The number of para-hydroxylation sites is 1. The Labute approximate surface area is 149 Å². The van der Waals surface area contributed by atoms with Gasteiger partial charge in [0.15, 0.2) is 5.71 Å². The quantitative estimate of drug-likeness (QED) is 0.740. The molecule has 2 aromatic carbocycles. The molecule has 1 amide bonds. The predicted molar refractivity (Wildman–Crippen MR) is 91.2 cm³/mol. The van der Waals surface area contributed by atoms with Gasteiger partial charge >= 0.3 is 6.18 Å². The van der Waals surface area contributed by atoms with Crippen molar-refractivity contribution < 1.29 is 23.1 Å². The second kappa shape index (κ2) is 6.36. The summed E-state index contributed by atoms with van der Waals surface area (Å²) in [5, 5.41) is 13.7. The first-order chi connectivity index (χ1) is 11.8. The third kappa shape index (κ3) is 3.43. The van der Waals surface area contributed by atoms with Crippen molar-refractivity contribution in [3.8, 4) is 5.75 Å². The average Bonchev–Trinajstić information content (AvgIpc) is 2.89. The molecule has 128 valence electrons. The van der Waals surface area contributed by atoms with Crippen LogP contribution in [0, 0.1) is 0 Å². The molecular formula is C17H10BrF3N2O2. The molecule has 25 heavy (non-hydrogen) atoms. The highest BCUT2D eigenvalue weighted by Crippen LogP contribution is 2.33. The van der Waals surface area contributed by atoms with Gasteiger partial charge in [0.05, 0.1) is 15.7 Å². The van der Waals surface area contributed by atoms with Gasteiger partial charge in [-0.15, -0.1) is 0 Å². The molecule has 4 nitrogen and oxygen atoms in total. The number of aromatic hydroxyl groups is 1. The van der Waals surface area contributed by atoms with Crippen LogP contribution in [0.2, 0.25) is 0 Å². The van der Waals surface area contributed by atoms with E-state index in [-0.39, 0.29) is 11.4 Å². The third-order valence-corrected chi connectivity index (χ3v) is 4.07. The Morgan fingerprint density at radius 2 is 1.80 bits per heavy atom. The van der Waals surface area contributed by atoms with E-state index >= 15 is 0 Å². The van der Waals surface area contributed by atoms with Gasteiger partial charge in [0.2, 0.25) is 0 Å². The Balaban J connectivity index is 2.08. The van der Waals surface area contributed by atoms with Crippen LogP contribution in [0.15, 0.2) is 63.7 Å². The first kappa shape index (κ1) is 17.2. The van der Waals surface area contributed by atoms with E-state index in [1.54, 1.807) is 18.2 Å². The van der Waals surface area contributed by atoms with E-state index in [2.05, 4.69) is 21.0 Å². The van der Waals surface area contributed by atoms with E-state index in [1.165, 1.54) is 30.3 Å². The van der Waals surface area contributed by atoms with Gasteiger partial charge < -0.3 is 5.11 Å². The number of hydrogen-bond acceptors (Lipinski definition) is 3. The summed E-state index contributed by atoms with van der Waals surface area (Å²) >= 11 is 3.09. The van der Waals surface area contributed by atoms with Gasteiger partial charge in [0.25, 0.3) is 5.91 Å². The molecule has 1 aliphatic heterocycles. The number of carbonyl (C=O) groups is 1. The minimum atomic E-state index is -4.78. The summed E-state index contributed by atoms with van der Waals surface area (Å²) in [5.41, 5.74) is -1.26. The van der Waals surface area contributed by atoms with Gasteiger partial charge in [-0.1, -0.05) is 24.3 Å². The van der Waals surface area contributed by atoms with E-state index < -0.39 is 23.4 Å². The fraction of sp³-hybridized carbons (Fsp3) is 0.0588. The number of hydrogen-bond donors (Lipinski definition) is 1. The summed E-state index contributed by atoms with van der Waals surface area (Å²) in [5.74, 6) is -0.932. The van der Waals surface area contributed by atoms with Crippen LogP contribution >= 0.6 is 15.9 Å². The molecule has 8 heteroatoms. The zero-order chi connectivity index (χ0) is 18.2. The lowest BCUT2D eigenvalue weighted by atomic mass is 10.1. The van der Waals surface area contributed by atoms with Gasteiger partial charge in [-0.3, -0.25) is 4.79 Å². The Morgan fingerprint density at radius 3 is 2.40 bits per heavy atom. The van der Waals surface area contributed by atoms with Gasteiger partial charge in [-0.05, 0) is 51.8 Å². The lowest BCUT2D eigenvalue weighted by Gasteiger charge is -2.10. The summed E-state index contributed by atoms with van der Waals surface area (Å²) in [7, 11) is 0. The van der Waals surface area contributed by atoms with E-state index in [0.717, 1.165) is 11.1 Å². The van der Waals surface area contributed by atoms with Crippen molar-refractivity contribution >= 4 is 39.3 Å². The lowest BCUT2D eigenvalue weighted by molar-refractivity contribution is -0.114. The molecule has 0 aromatic heterocycles. The molecule has 0 saturated heterocycles. The number of anilines is 1. The maximum absolute atomic E-state index is 13.3. The van der Waals surface area contributed by atoms with Crippen LogP contribution in [-0.4, -0.2) is 22.9 Å². The summed E-state index contributed by atoms with van der Waals surface area (Å²) in [6.07, 6.45) is -3.68. The van der Waals surface area contributed by atoms with E-state index in [4.69, 9.17) is 0 Å². The molecular weight excluding hydrogens is 401 g/mol. The van der Waals surface area contributed by atoms with Gasteiger partial charge in [0, 0.05) is 0 Å². The number of amides is 1. The number of alkyl halides is 3. The highest BCUT2D eigenvalue weighted by Gasteiger charge is 2.46. The summed E-state index contributed by atoms with van der Waals surface area (Å²) in [4.78, 5) is 12.5. The molecule has 1 heterocycles. The molecule has 0 saturated carbocycles. The molecule has 0 radical (unpaired) electrons. The van der Waals surface area contributed by atoms with Crippen molar-refractivity contribution in [2.75, 3.05) is 5.01 Å². The van der Waals surface area contributed by atoms with Crippen LogP contribution in [0.5, 0.6) is 5.75 Å². The number of carbonyl (C=O) groups excluding carboxylic acids is 1. The smallest absolute Gasteiger partial charge is 0.435 e. The number of benzene rings is 2. The van der Waals surface area contributed by atoms with Crippen molar-refractivity contribution in [2.24, 2.45) is 5.10 Å². The van der Waals surface area contributed by atoms with Crippen LogP contribution in [0.4, 0.5) is 18.9 Å². The van der Waals surface area contributed by atoms with Crippen molar-refractivity contribution in [3.05, 3.63) is 64.1 Å². The van der Waals surface area contributed by atoms with E-state index in [1.807, 2.05) is 0 Å². The highest BCUT2D eigenvalue weighted by atomic mass is 79.9. The fourth-order valence-electron chi connectivity index (χ4n) is 2.28. The van der Waals surface area contributed by atoms with Crippen LogP contribution in [0.25, 0.3) is 6.08 Å². The molecule has 0 spiro atoms. The number of nitrogens with zero attached hydrogens (tertiary/aromatic N) is 2. The Kier molecular flexibility index (Phi) is 4.38. The number of phenolic OH excluding ortho intramolecular Hbond substituents is 1. The minimum Gasteiger partial charge on any atom is -0.507 e. The Morgan fingerprint density at radius 1 is 1.12 bits per heavy atom. The monoisotopic (exact) mass is 410 g/mol. The molecule has 0 bridgehead atoms. The standard InChI is InChI=1S/C17H10BrF3N2O2/c18-13-9-10(6-7-14(13)24)8-12-15(17(19,20)21)22-23(16(12)25)11-4-2-1-3-5-11/h1-9,24H/b12-8-. The molecule has 2 aromatic rings. The van der Waals surface area contributed by atoms with E-state index in [9.17, 15) is 23.1 Å². The van der Waals surface area contributed by atoms with E-state index in [0.29, 0.717) is 10.0 Å². The van der Waals surface area contributed by atoms with Crippen LogP contribution < -0.4 is 5.01 Å².